The van der Waals surface area contributed by atoms with Crippen LogP contribution in [0.2, 0.25) is 0 Å². The van der Waals surface area contributed by atoms with E-state index >= 15 is 0 Å². The van der Waals surface area contributed by atoms with Crippen LogP contribution in [0.5, 0.6) is 5.75 Å². The molecular weight excluding hydrogens is 464 g/mol. The third-order valence-electron chi connectivity index (χ3n) is 4.49. The molecule has 0 saturated heterocycles. The van der Waals surface area contributed by atoms with E-state index in [2.05, 4.69) is 32.9 Å². The van der Waals surface area contributed by atoms with Crippen LogP contribution < -0.4 is 10.3 Å². The summed E-state index contributed by atoms with van der Waals surface area (Å²) in [5.74, 6) is 0.738. The quantitative estimate of drug-likeness (QED) is 0.251. The number of unbranched alkanes of at least 4 members (excludes halogenated alkanes) is 1. The minimum atomic E-state index is -0.497. The number of ether oxygens (including phenoxy) is 1. The molecule has 0 unspecified atom stereocenters. The number of aromatic nitrogens is 2. The van der Waals surface area contributed by atoms with E-state index in [1.54, 1.807) is 32.0 Å². The fourth-order valence-corrected chi connectivity index (χ4v) is 3.41. The van der Waals surface area contributed by atoms with E-state index in [1.807, 2.05) is 6.07 Å². The zero-order valence-corrected chi connectivity index (χ0v) is 19.1. The minimum Gasteiger partial charge on any atom is -0.484 e. The first-order valence-electron chi connectivity index (χ1n) is 10.0. The van der Waals surface area contributed by atoms with Gasteiger partial charge in [-0.1, -0.05) is 29.3 Å². The van der Waals surface area contributed by atoms with Gasteiger partial charge in [0.25, 0.3) is 5.56 Å². The second-order valence-electron chi connectivity index (χ2n) is 7.31. The highest BCUT2D eigenvalue weighted by Crippen LogP contribution is 2.28. The van der Waals surface area contributed by atoms with Gasteiger partial charge in [-0.25, -0.2) is 4.98 Å². The van der Waals surface area contributed by atoms with Crippen LogP contribution in [0.3, 0.4) is 0 Å². The molecular formula is C22H23BrN4O4. The summed E-state index contributed by atoms with van der Waals surface area (Å²) in [5.41, 5.74) is 0.641. The van der Waals surface area contributed by atoms with Crippen molar-refractivity contribution in [1.29, 1.82) is 0 Å². The lowest BCUT2D eigenvalue weighted by Crippen LogP contribution is -2.22. The third kappa shape index (κ3) is 5.35. The van der Waals surface area contributed by atoms with Crippen molar-refractivity contribution in [2.75, 3.05) is 0 Å². The van der Waals surface area contributed by atoms with Gasteiger partial charge in [0.1, 0.15) is 5.82 Å². The normalized spacial score (nSPS) is 11.5. The Morgan fingerprint density at radius 1 is 1.29 bits per heavy atom. The maximum atomic E-state index is 13.1. The summed E-state index contributed by atoms with van der Waals surface area (Å²) in [6.07, 6.45) is 3.63. The maximum Gasteiger partial charge on any atom is 0.311 e. The molecule has 3 aromatic rings. The predicted molar refractivity (Wildman–Crippen MR) is 124 cm³/mol. The molecule has 0 atom stereocenters. The SMILES string of the molecule is CCCCc1nc2ccc(Br)cc2c(=O)n1N=Cc1ccc(OC(C)C)c([N+](=O)[O-])c1. The maximum absolute atomic E-state index is 13.1. The van der Waals surface area contributed by atoms with Gasteiger partial charge < -0.3 is 4.74 Å². The highest BCUT2D eigenvalue weighted by molar-refractivity contribution is 9.10. The molecule has 0 amide bonds. The number of nitro benzene ring substituents is 1. The van der Waals surface area contributed by atoms with Crippen molar-refractivity contribution in [3.05, 3.63) is 72.7 Å². The molecule has 0 aliphatic heterocycles. The highest BCUT2D eigenvalue weighted by Gasteiger charge is 2.17. The minimum absolute atomic E-state index is 0.156. The van der Waals surface area contributed by atoms with Gasteiger partial charge in [-0.15, -0.1) is 0 Å². The number of hydrogen-bond acceptors (Lipinski definition) is 6. The molecule has 8 nitrogen and oxygen atoms in total. The van der Waals surface area contributed by atoms with Gasteiger partial charge in [-0.2, -0.15) is 9.78 Å². The smallest absolute Gasteiger partial charge is 0.311 e. The van der Waals surface area contributed by atoms with Crippen molar-refractivity contribution in [2.24, 2.45) is 5.10 Å². The fraction of sp³-hybridized carbons (Fsp3) is 0.318. The molecule has 1 aromatic heterocycles. The van der Waals surface area contributed by atoms with E-state index in [0.717, 1.165) is 17.3 Å². The summed E-state index contributed by atoms with van der Waals surface area (Å²) in [6, 6.07) is 9.92. The molecule has 0 radical (unpaired) electrons. The molecule has 0 bridgehead atoms. The number of rotatable bonds is 8. The summed E-state index contributed by atoms with van der Waals surface area (Å²) < 4.78 is 7.55. The standard InChI is InChI=1S/C22H23BrN4O4/c1-4-5-6-21-25-18-9-8-16(23)12-17(18)22(28)26(21)24-13-15-7-10-20(31-14(2)3)19(11-15)27(29)30/h7-14H,4-6H2,1-3H3. The van der Waals surface area contributed by atoms with Crippen LogP contribution in [0.1, 0.15) is 45.0 Å². The summed E-state index contributed by atoms with van der Waals surface area (Å²) in [6.45, 7) is 5.66. The molecule has 1 heterocycles. The topological polar surface area (TPSA) is 99.6 Å². The van der Waals surface area contributed by atoms with E-state index < -0.39 is 4.92 Å². The second kappa shape index (κ2) is 9.82. The Morgan fingerprint density at radius 2 is 2.06 bits per heavy atom. The first-order chi connectivity index (χ1) is 14.8. The number of fused-ring (bicyclic) bond motifs is 1. The Labute approximate surface area is 187 Å². The van der Waals surface area contributed by atoms with Gasteiger partial charge in [0.2, 0.25) is 0 Å². The molecule has 2 aromatic carbocycles. The second-order valence-corrected chi connectivity index (χ2v) is 8.22. The average molecular weight is 487 g/mol. The van der Waals surface area contributed by atoms with Crippen LogP contribution >= 0.6 is 15.9 Å². The van der Waals surface area contributed by atoms with Gasteiger partial charge in [-0.3, -0.25) is 14.9 Å². The highest BCUT2D eigenvalue weighted by atomic mass is 79.9. The van der Waals surface area contributed by atoms with E-state index in [4.69, 9.17) is 4.74 Å². The number of hydrogen-bond donors (Lipinski definition) is 0. The molecule has 0 fully saturated rings. The zero-order valence-electron chi connectivity index (χ0n) is 17.5. The molecule has 31 heavy (non-hydrogen) atoms. The zero-order chi connectivity index (χ0) is 22.5. The number of nitrogens with zero attached hydrogens (tertiary/aromatic N) is 4. The van der Waals surface area contributed by atoms with E-state index in [1.165, 1.54) is 23.0 Å². The van der Waals surface area contributed by atoms with Crippen molar-refractivity contribution in [1.82, 2.24) is 9.66 Å². The monoisotopic (exact) mass is 486 g/mol. The van der Waals surface area contributed by atoms with E-state index in [-0.39, 0.29) is 23.1 Å². The molecule has 3 rings (SSSR count). The van der Waals surface area contributed by atoms with Crippen LogP contribution in [0.4, 0.5) is 5.69 Å². The number of nitro groups is 1. The molecule has 0 saturated carbocycles. The fourth-order valence-electron chi connectivity index (χ4n) is 3.05. The van der Waals surface area contributed by atoms with Crippen LogP contribution in [-0.4, -0.2) is 26.9 Å². The molecule has 162 valence electrons. The van der Waals surface area contributed by atoms with E-state index in [9.17, 15) is 14.9 Å². The lowest BCUT2D eigenvalue weighted by atomic mass is 10.2. The Balaban J connectivity index is 2.07. The molecule has 0 spiro atoms. The Morgan fingerprint density at radius 3 is 2.74 bits per heavy atom. The Bertz CT molecular complexity index is 1200. The van der Waals surface area contributed by atoms with Crippen molar-refractivity contribution < 1.29 is 9.66 Å². The number of aryl methyl sites for hydroxylation is 1. The molecule has 0 aliphatic carbocycles. The van der Waals surface area contributed by atoms with Crippen LogP contribution in [0.25, 0.3) is 10.9 Å². The molecule has 9 heteroatoms. The van der Waals surface area contributed by atoms with Crippen molar-refractivity contribution in [2.45, 2.75) is 46.1 Å². The summed E-state index contributed by atoms with van der Waals surface area (Å²) in [5, 5.41) is 16.2. The Kier molecular flexibility index (Phi) is 7.17. The summed E-state index contributed by atoms with van der Waals surface area (Å²) in [4.78, 5) is 28.7. The number of halogens is 1. The van der Waals surface area contributed by atoms with Crippen LogP contribution in [0.15, 0.2) is 50.8 Å². The number of benzene rings is 2. The predicted octanol–water partition coefficient (Wildman–Crippen LogP) is 5.08. The Hall–Kier alpha value is -3.07. The lowest BCUT2D eigenvalue weighted by Gasteiger charge is -2.10. The largest absolute Gasteiger partial charge is 0.484 e. The lowest BCUT2D eigenvalue weighted by molar-refractivity contribution is -0.386. The van der Waals surface area contributed by atoms with Crippen LogP contribution in [0, 0.1) is 10.1 Å². The van der Waals surface area contributed by atoms with Gasteiger partial charge in [0.15, 0.2) is 5.75 Å². The summed E-state index contributed by atoms with van der Waals surface area (Å²) in [7, 11) is 0. The molecule has 0 N–H and O–H groups in total. The van der Waals surface area contributed by atoms with Crippen LogP contribution in [-0.2, 0) is 6.42 Å². The summed E-state index contributed by atoms with van der Waals surface area (Å²) >= 11 is 3.38. The van der Waals surface area contributed by atoms with Crippen molar-refractivity contribution >= 4 is 38.7 Å². The van der Waals surface area contributed by atoms with Crippen molar-refractivity contribution in [3.63, 3.8) is 0 Å². The first kappa shape index (κ1) is 22.6. The molecule has 0 aliphatic rings. The van der Waals surface area contributed by atoms with E-state index in [0.29, 0.717) is 28.7 Å². The van der Waals surface area contributed by atoms with Crippen molar-refractivity contribution in [3.8, 4) is 5.75 Å². The van der Waals surface area contributed by atoms with Gasteiger partial charge in [0, 0.05) is 22.5 Å². The average Bonchev–Trinajstić information content (AvgIpc) is 2.72. The van der Waals surface area contributed by atoms with Gasteiger partial charge in [-0.05, 0) is 50.6 Å². The first-order valence-corrected chi connectivity index (χ1v) is 10.8. The van der Waals surface area contributed by atoms with Gasteiger partial charge >= 0.3 is 5.69 Å². The van der Waals surface area contributed by atoms with Gasteiger partial charge in [0.05, 0.1) is 28.1 Å². The third-order valence-corrected chi connectivity index (χ3v) is 4.99.